The van der Waals surface area contributed by atoms with E-state index in [-0.39, 0.29) is 5.72 Å². The van der Waals surface area contributed by atoms with Gasteiger partial charge in [0.05, 0.1) is 11.4 Å². The lowest BCUT2D eigenvalue weighted by atomic mass is 9.81. The van der Waals surface area contributed by atoms with Crippen molar-refractivity contribution in [3.8, 4) is 0 Å². The van der Waals surface area contributed by atoms with Crippen molar-refractivity contribution < 1.29 is 0 Å². The van der Waals surface area contributed by atoms with Crippen LogP contribution >= 0.6 is 0 Å². The topological polar surface area (TPSA) is 38.7 Å². The Labute approximate surface area is 55.6 Å². The predicted octanol–water partition coefficient (Wildman–Crippen LogP) is -1.96. The second-order valence-electron chi connectivity index (χ2n) is 1.49. The highest BCUT2D eigenvalue weighted by molar-refractivity contribution is 6.50. The Kier molecular flexibility index (Phi) is 1.82. The van der Waals surface area contributed by atoms with Gasteiger partial charge in [-0.3, -0.25) is 0 Å². The molecule has 0 aliphatic heterocycles. The highest BCUT2D eigenvalue weighted by Crippen LogP contribution is 1.57. The minimum Gasteiger partial charge on any atom is -0.242 e. The molecule has 0 spiro atoms. The lowest BCUT2D eigenvalue weighted by Gasteiger charge is -1.92. The van der Waals surface area contributed by atoms with Crippen molar-refractivity contribution in [3.63, 3.8) is 0 Å². The molecule has 5 heteroatoms. The molecule has 0 aliphatic carbocycles. The van der Waals surface area contributed by atoms with Gasteiger partial charge in [0.1, 0.15) is 6.33 Å². The van der Waals surface area contributed by atoms with Gasteiger partial charge in [-0.05, 0) is 0 Å². The van der Waals surface area contributed by atoms with Gasteiger partial charge in [-0.15, -0.1) is 0 Å². The van der Waals surface area contributed by atoms with Crippen molar-refractivity contribution in [2.75, 3.05) is 0 Å². The second-order valence-corrected chi connectivity index (χ2v) is 1.49. The maximum Gasteiger partial charge on any atom is 0.201 e. The van der Waals surface area contributed by atoms with Crippen molar-refractivity contribution in [1.82, 2.24) is 15.0 Å². The van der Waals surface area contributed by atoms with E-state index >= 15 is 0 Å². The highest BCUT2D eigenvalue weighted by atomic mass is 15.0. The van der Waals surface area contributed by atoms with Crippen LogP contribution in [0.1, 0.15) is 0 Å². The zero-order valence-corrected chi connectivity index (χ0v) is 5.07. The monoisotopic (exact) mass is 116 g/mol. The van der Waals surface area contributed by atoms with E-state index in [2.05, 4.69) is 15.0 Å². The summed E-state index contributed by atoms with van der Waals surface area (Å²) >= 11 is 0. The van der Waals surface area contributed by atoms with E-state index in [0.717, 1.165) is 0 Å². The summed E-state index contributed by atoms with van der Waals surface area (Å²) in [6.45, 7) is 1.84. The molecule has 0 bridgehead atoms. The van der Waals surface area contributed by atoms with Crippen molar-refractivity contribution in [1.29, 1.82) is 0 Å². The summed E-state index contributed by atoms with van der Waals surface area (Å²) in [5.41, 5.74) is 0.876. The van der Waals surface area contributed by atoms with E-state index in [4.69, 9.17) is 7.85 Å². The first kappa shape index (κ1) is 6.26. The number of rotatable bonds is 1. The molecule has 1 rings (SSSR count). The molecule has 0 N–H and O–H groups in total. The van der Waals surface area contributed by atoms with Crippen LogP contribution in [0.15, 0.2) is 6.33 Å². The van der Waals surface area contributed by atoms with Crippen LogP contribution in [0, 0.1) is 0 Å². The first-order chi connectivity index (χ1) is 4.33. The summed E-state index contributed by atoms with van der Waals surface area (Å²) in [4.78, 5) is 11.2. The van der Waals surface area contributed by atoms with E-state index in [1.807, 2.05) is 6.82 Å². The molecule has 1 heterocycles. The molecule has 0 amide bonds. The van der Waals surface area contributed by atoms with E-state index < -0.39 is 0 Å². The minimum atomic E-state index is 0.262. The van der Waals surface area contributed by atoms with Crippen LogP contribution in [0.5, 0.6) is 0 Å². The molecule has 41 valence electrons. The van der Waals surface area contributed by atoms with Gasteiger partial charge in [0.25, 0.3) is 0 Å². The van der Waals surface area contributed by atoms with Gasteiger partial charge in [-0.25, -0.2) is 15.0 Å². The average molecular weight is 116 g/mol. The molecule has 0 aliphatic rings. The third-order valence-corrected chi connectivity index (χ3v) is 0.867. The van der Waals surface area contributed by atoms with Gasteiger partial charge >= 0.3 is 0 Å². The van der Waals surface area contributed by atoms with E-state index in [1.165, 1.54) is 6.33 Å². The molecular weight excluding hydrogens is 112 g/mol. The Balaban J connectivity index is 2.94. The van der Waals surface area contributed by atoms with Crippen LogP contribution in [0.3, 0.4) is 0 Å². The van der Waals surface area contributed by atoms with E-state index in [9.17, 15) is 0 Å². The van der Waals surface area contributed by atoms with Gasteiger partial charge in [0.15, 0.2) is 7.85 Å². The summed E-state index contributed by atoms with van der Waals surface area (Å²) in [6, 6.07) is 0. The van der Waals surface area contributed by atoms with Crippen molar-refractivity contribution in [2.45, 2.75) is 6.82 Å². The van der Waals surface area contributed by atoms with Gasteiger partial charge in [-0.1, -0.05) is 6.82 Å². The lowest BCUT2D eigenvalue weighted by Crippen LogP contribution is -2.29. The van der Waals surface area contributed by atoms with Crippen molar-refractivity contribution in [3.05, 3.63) is 6.33 Å². The molecule has 0 fully saturated rings. The Morgan fingerprint density at radius 1 is 1.56 bits per heavy atom. The highest BCUT2D eigenvalue weighted by Gasteiger charge is 1.91. The SMILES string of the molecule is [B]c1ncnc([B]C)n1. The first-order valence-electron chi connectivity index (χ1n) is 2.57. The van der Waals surface area contributed by atoms with Crippen molar-refractivity contribution >= 4 is 26.6 Å². The Bertz CT molecular complexity index is 203. The van der Waals surface area contributed by atoms with Crippen LogP contribution < -0.4 is 11.4 Å². The van der Waals surface area contributed by atoms with Crippen LogP contribution in [-0.2, 0) is 0 Å². The zero-order valence-electron chi connectivity index (χ0n) is 5.07. The van der Waals surface area contributed by atoms with Crippen LogP contribution in [0.25, 0.3) is 0 Å². The third-order valence-electron chi connectivity index (χ3n) is 0.867. The molecule has 0 saturated carbocycles. The lowest BCUT2D eigenvalue weighted by molar-refractivity contribution is 1.13. The quantitative estimate of drug-likeness (QED) is 0.400. The maximum atomic E-state index is 5.25. The third kappa shape index (κ3) is 1.52. The Hall–Kier alpha value is -0.860. The van der Waals surface area contributed by atoms with E-state index in [0.29, 0.717) is 5.72 Å². The zero-order chi connectivity index (χ0) is 6.69. The molecule has 1 aromatic rings. The largest absolute Gasteiger partial charge is 0.242 e. The fourth-order valence-corrected chi connectivity index (χ4v) is 0.461. The van der Waals surface area contributed by atoms with Crippen LogP contribution in [0.4, 0.5) is 0 Å². The van der Waals surface area contributed by atoms with Crippen molar-refractivity contribution in [2.24, 2.45) is 0 Å². The summed E-state index contributed by atoms with van der Waals surface area (Å²) < 4.78 is 0. The molecule has 3 nitrogen and oxygen atoms in total. The summed E-state index contributed by atoms with van der Waals surface area (Å²) in [5.74, 6) is 0. The minimum absolute atomic E-state index is 0.262. The smallest absolute Gasteiger partial charge is 0.201 e. The van der Waals surface area contributed by atoms with Gasteiger partial charge in [0.2, 0.25) is 7.28 Å². The summed E-state index contributed by atoms with van der Waals surface area (Å²) in [6.07, 6.45) is 1.39. The second kappa shape index (κ2) is 2.62. The van der Waals surface area contributed by atoms with Gasteiger partial charge in [-0.2, -0.15) is 0 Å². The Morgan fingerprint density at radius 3 is 2.78 bits per heavy atom. The Morgan fingerprint density at radius 2 is 2.33 bits per heavy atom. The maximum absolute atomic E-state index is 5.25. The first-order valence-corrected chi connectivity index (χ1v) is 2.57. The molecule has 9 heavy (non-hydrogen) atoms. The number of hydrogen-bond donors (Lipinski definition) is 0. The van der Waals surface area contributed by atoms with E-state index in [1.54, 1.807) is 7.28 Å². The summed E-state index contributed by atoms with van der Waals surface area (Å²) in [7, 11) is 7.01. The molecule has 3 radical (unpaired) electrons. The molecule has 0 aromatic carbocycles. The molecule has 0 saturated heterocycles. The normalized spacial score (nSPS) is 9.00. The molecule has 0 unspecified atom stereocenters. The van der Waals surface area contributed by atoms with Crippen LogP contribution in [-0.4, -0.2) is 30.1 Å². The van der Waals surface area contributed by atoms with Gasteiger partial charge in [0, 0.05) is 0 Å². The number of hydrogen-bond acceptors (Lipinski definition) is 3. The molecule has 0 atom stereocenters. The predicted molar refractivity (Wildman–Crippen MR) is 36.5 cm³/mol. The molecular formula is C4H4B2N3. The molecule has 1 aromatic heterocycles. The fourth-order valence-electron chi connectivity index (χ4n) is 0.461. The fraction of sp³-hybridized carbons (Fsp3) is 0.250. The average Bonchev–Trinajstić information content (AvgIpc) is 1.88. The summed E-state index contributed by atoms with van der Waals surface area (Å²) in [5, 5.41) is 0. The van der Waals surface area contributed by atoms with Gasteiger partial charge < -0.3 is 0 Å². The standard InChI is InChI=1S/C4H4B2N3/c1-6-4-8-2-7-3(5)9-4/h2H,1H3. The number of nitrogens with zero attached hydrogens (tertiary/aromatic N) is 3. The number of aromatic nitrogens is 3. The van der Waals surface area contributed by atoms with Crippen LogP contribution in [0.2, 0.25) is 6.82 Å².